The number of aliphatic hydroxyl groups excluding tert-OH is 3. The van der Waals surface area contributed by atoms with Gasteiger partial charge in [0.2, 0.25) is 24.0 Å². The highest BCUT2D eigenvalue weighted by molar-refractivity contribution is 5.85. The second kappa shape index (κ2) is 29.0. The van der Waals surface area contributed by atoms with E-state index >= 15 is 0 Å². The first-order valence-corrected chi connectivity index (χ1v) is 27.6. The average Bonchev–Trinajstić information content (AvgIpc) is 1.96. The number of carbonyl (C=O) groups excluding carboxylic acids is 7. The maximum absolute atomic E-state index is 14.0. The summed E-state index contributed by atoms with van der Waals surface area (Å²) in [7, 11) is 2.73. The molecule has 2 fully saturated rings. The van der Waals surface area contributed by atoms with E-state index in [1.165, 1.54) is 56.3 Å². The first-order valence-electron chi connectivity index (χ1n) is 27.6. The summed E-state index contributed by atoms with van der Waals surface area (Å²) in [5, 5.41) is 71.8. The first kappa shape index (κ1) is 69.9. The Morgan fingerprint density at radius 3 is 1.92 bits per heavy atom. The van der Waals surface area contributed by atoms with Gasteiger partial charge in [0.05, 0.1) is 48.8 Å². The Bertz CT molecular complexity index is 2490. The molecule has 2 aliphatic heterocycles. The van der Waals surface area contributed by atoms with Gasteiger partial charge in [0, 0.05) is 39.2 Å². The summed E-state index contributed by atoms with van der Waals surface area (Å²) < 4.78 is 46.9. The Morgan fingerprint density at radius 1 is 0.774 bits per heavy atom. The molecule has 29 nitrogen and oxygen atoms in total. The van der Waals surface area contributed by atoms with Crippen LogP contribution in [0.2, 0.25) is 0 Å². The Balaban J connectivity index is 1.76. The lowest BCUT2D eigenvalue weighted by Gasteiger charge is -2.50. The van der Waals surface area contributed by atoms with Gasteiger partial charge in [-0.3, -0.25) is 24.5 Å². The zero-order valence-electron chi connectivity index (χ0n) is 50.7. The summed E-state index contributed by atoms with van der Waals surface area (Å²) in [6, 6.07) is -0.130. The lowest BCUT2D eigenvalue weighted by molar-refractivity contribution is -0.384. The lowest BCUT2D eigenvalue weighted by atomic mass is 9.82. The normalized spacial score (nSPS) is 25.9. The van der Waals surface area contributed by atoms with Crippen molar-refractivity contribution in [3.63, 3.8) is 0 Å². The van der Waals surface area contributed by atoms with Crippen LogP contribution in [0.3, 0.4) is 0 Å². The van der Waals surface area contributed by atoms with Crippen molar-refractivity contribution in [2.45, 2.75) is 212 Å². The number of carbonyl (C=O) groups is 7. The van der Waals surface area contributed by atoms with E-state index in [2.05, 4.69) is 26.6 Å². The Kier molecular flexibility index (Phi) is 24.1. The van der Waals surface area contributed by atoms with Crippen LogP contribution in [0.5, 0.6) is 0 Å². The van der Waals surface area contributed by atoms with Gasteiger partial charge in [0.25, 0.3) is 5.69 Å². The summed E-state index contributed by atoms with van der Waals surface area (Å²) in [6.45, 7) is 19.6. The van der Waals surface area contributed by atoms with Crippen molar-refractivity contribution in [1.29, 1.82) is 0 Å². The van der Waals surface area contributed by atoms with E-state index in [-0.39, 0.29) is 56.3 Å². The summed E-state index contributed by atoms with van der Waals surface area (Å²) in [6.07, 6.45) is -15.5. The van der Waals surface area contributed by atoms with E-state index < -0.39 is 156 Å². The first-order chi connectivity index (χ1) is 38.6. The molecule has 2 heterocycles. The highest BCUT2D eigenvalue weighted by Gasteiger charge is 2.55. The molecule has 29 heteroatoms. The summed E-state index contributed by atoms with van der Waals surface area (Å²) in [4.78, 5) is 106. The molecular formula is C55H88N8O21. The van der Waals surface area contributed by atoms with Crippen molar-refractivity contribution in [3.05, 3.63) is 51.8 Å². The minimum atomic E-state index is -2.03. The molecule has 4 rings (SSSR count). The van der Waals surface area contributed by atoms with Crippen molar-refractivity contribution in [2.24, 2.45) is 5.41 Å². The van der Waals surface area contributed by atoms with E-state index in [1.54, 1.807) is 62.3 Å². The highest BCUT2D eigenvalue weighted by atomic mass is 16.7. The number of rotatable bonds is 20. The number of hydrogen-bond acceptors (Lipinski definition) is 21. The maximum Gasteiger partial charge on any atom is 0.410 e. The van der Waals surface area contributed by atoms with Gasteiger partial charge in [-0.2, -0.15) is 0 Å². The van der Waals surface area contributed by atoms with E-state index in [9.17, 15) is 64.1 Å². The number of ether oxygens (including phenoxy) is 8. The number of amides is 7. The van der Waals surface area contributed by atoms with Crippen molar-refractivity contribution < 1.29 is 96.8 Å². The second-order valence-electron chi connectivity index (χ2n) is 25.5. The fraction of sp³-hybridized carbons (Fsp3) is 0.727. The molecule has 3 aliphatic rings. The van der Waals surface area contributed by atoms with Crippen molar-refractivity contribution in [2.75, 3.05) is 40.3 Å². The highest BCUT2D eigenvalue weighted by Crippen LogP contribution is 2.35. The van der Waals surface area contributed by atoms with Crippen LogP contribution in [-0.4, -0.2) is 207 Å². The molecule has 0 unspecified atom stereocenters. The van der Waals surface area contributed by atoms with Crippen LogP contribution in [0.15, 0.2) is 36.1 Å². The molecule has 1 aliphatic carbocycles. The van der Waals surface area contributed by atoms with Gasteiger partial charge in [0.15, 0.2) is 6.29 Å². The predicted molar refractivity (Wildman–Crippen MR) is 297 cm³/mol. The van der Waals surface area contributed by atoms with Crippen LogP contribution in [0.25, 0.3) is 0 Å². The molecule has 12 atom stereocenters. The van der Waals surface area contributed by atoms with E-state index in [0.717, 1.165) is 4.90 Å². The molecule has 0 aromatic heterocycles. The Hall–Kier alpha value is -6.63. The van der Waals surface area contributed by atoms with Gasteiger partial charge in [-0.05, 0) is 118 Å². The molecule has 7 amide bonds. The Morgan fingerprint density at radius 2 is 1.35 bits per heavy atom. The lowest BCUT2D eigenvalue weighted by Crippen LogP contribution is -2.71. The topological polar surface area (TPSA) is 384 Å². The monoisotopic (exact) mass is 1200 g/mol. The molecule has 1 saturated carbocycles. The molecule has 0 radical (unpaired) electrons. The van der Waals surface area contributed by atoms with E-state index in [4.69, 9.17) is 37.9 Å². The Labute approximate surface area is 489 Å². The number of aliphatic hydroxyl groups is 4. The molecule has 1 aromatic carbocycles. The van der Waals surface area contributed by atoms with Crippen LogP contribution in [0.1, 0.15) is 121 Å². The summed E-state index contributed by atoms with van der Waals surface area (Å²) in [5.41, 5.74) is -5.00. The molecule has 474 valence electrons. The number of non-ortho nitro benzene ring substituents is 1. The number of alkyl carbamates (subject to hydrolysis) is 3. The zero-order chi connectivity index (χ0) is 63.4. The van der Waals surface area contributed by atoms with Crippen LogP contribution < -0.4 is 26.6 Å². The predicted octanol–water partition coefficient (Wildman–Crippen LogP) is 2.72. The van der Waals surface area contributed by atoms with Gasteiger partial charge in [0.1, 0.15) is 65.3 Å². The number of nitrogens with one attached hydrogen (secondary N) is 5. The minimum Gasteiger partial charge on any atom is -0.465 e. The molecule has 84 heavy (non-hydrogen) atoms. The third-order valence-electron chi connectivity index (χ3n) is 12.8. The molecule has 9 N–H and O–H groups in total. The maximum atomic E-state index is 14.0. The fourth-order valence-corrected chi connectivity index (χ4v) is 9.04. The molecular weight excluding hydrogens is 1110 g/mol. The van der Waals surface area contributed by atoms with Crippen molar-refractivity contribution in [1.82, 2.24) is 36.4 Å². The number of likely N-dealkylation sites (N-methyl/N-ethyl adjacent to an activating group) is 2. The van der Waals surface area contributed by atoms with Gasteiger partial charge >= 0.3 is 24.4 Å². The smallest absolute Gasteiger partial charge is 0.410 e. The number of nitro groups is 1. The van der Waals surface area contributed by atoms with Crippen LogP contribution in [0.4, 0.5) is 24.9 Å². The molecule has 1 aromatic rings. The number of nitro benzene ring substituents is 1. The van der Waals surface area contributed by atoms with E-state index in [0.29, 0.717) is 5.56 Å². The number of nitrogens with zero attached hydrogens (tertiary/aromatic N) is 3. The molecule has 0 bridgehead atoms. The average molecular weight is 1200 g/mol. The van der Waals surface area contributed by atoms with Gasteiger partial charge in [-0.25, -0.2) is 19.2 Å². The van der Waals surface area contributed by atoms with Crippen LogP contribution >= 0.6 is 0 Å². The summed E-state index contributed by atoms with van der Waals surface area (Å²) in [5.74, 6) is -1.98. The third-order valence-corrected chi connectivity index (χ3v) is 12.8. The van der Waals surface area contributed by atoms with Gasteiger partial charge in [-0.15, -0.1) is 0 Å². The molecule has 1 saturated heterocycles. The standard InChI is InChI=1S/C55H88N8O21/c1-51(2,3)25-38(66)61(14)27-37(65)58-33-21-20-32(26-57-47(70)77-28-30-16-18-31(19-17-30)63(75)76)79-45(33)80-42-35(60-49(72)83-53(7,8)9)24-34(59-44(69)36(64)22-23-56-48(71)82-52(4,5)6)41(39(42)67)81-46-40(68)43(55(13,74)29-78-46)62(15)50(73)84-54(10,11)12/h16-20,33-36,39-43,45-46,64,67-68,74H,21-29H2,1-15H3,(H,56,71)(H,57,70)(H,58,65)(H,59,69)(H,60,72)/t33-,34-,35+,36+,39-,40-,41+,42-,43-,45-,46-,55+/m1/s1. The fourth-order valence-electron chi connectivity index (χ4n) is 9.04. The van der Waals surface area contributed by atoms with Crippen LogP contribution in [0, 0.1) is 15.5 Å². The SMILES string of the molecule is CN(CC(=O)N[C@@H]1CC=C(CNC(=O)OCc2ccc([N+](=O)[O-])cc2)O[C@@H]1O[C@H]1[C@H](O)[C@@H](O[C@H]2OC[C@](C)(O)[C@H](N(C)C(=O)OC(C)(C)C)[C@H]2O)[C@H](NC(=O)[C@@H](O)CCNC(=O)OC(C)(C)C)C[C@@H]1NC(=O)OC(C)(C)C)C(=O)CC(C)(C)C. The van der Waals surface area contributed by atoms with Crippen molar-refractivity contribution in [3.8, 4) is 0 Å². The quantitative estimate of drug-likeness (QED) is 0.0515. The molecule has 0 spiro atoms. The van der Waals surface area contributed by atoms with Crippen LogP contribution in [-0.2, 0) is 58.9 Å². The summed E-state index contributed by atoms with van der Waals surface area (Å²) >= 11 is 0. The van der Waals surface area contributed by atoms with Gasteiger partial charge < -0.3 is 94.7 Å². The zero-order valence-corrected chi connectivity index (χ0v) is 50.7. The van der Waals surface area contributed by atoms with E-state index in [1.807, 2.05) is 20.8 Å². The largest absolute Gasteiger partial charge is 0.465 e. The number of benzene rings is 1. The minimum absolute atomic E-state index is 0.0521. The number of hydrogen-bond donors (Lipinski definition) is 9. The van der Waals surface area contributed by atoms with Crippen molar-refractivity contribution >= 4 is 47.8 Å². The second-order valence-corrected chi connectivity index (χ2v) is 25.5. The van der Waals surface area contributed by atoms with Gasteiger partial charge in [-0.1, -0.05) is 20.8 Å². The third kappa shape index (κ3) is 22.4.